The molecular formula is C12H23N3O4. The number of carbonyl (C=O) groups is 3. The van der Waals surface area contributed by atoms with Gasteiger partial charge in [-0.25, -0.2) is 4.79 Å². The van der Waals surface area contributed by atoms with Crippen molar-refractivity contribution in [3.8, 4) is 0 Å². The molecule has 0 fully saturated rings. The summed E-state index contributed by atoms with van der Waals surface area (Å²) in [4.78, 5) is 35.3. The Morgan fingerprint density at radius 2 is 1.68 bits per heavy atom. The molecule has 110 valence electrons. The highest BCUT2D eigenvalue weighted by Gasteiger charge is 2.44. The molecule has 0 bridgehead atoms. The van der Waals surface area contributed by atoms with Gasteiger partial charge >= 0.3 is 12.0 Å². The number of carboxylic acid groups (broad SMARTS) is 1. The minimum absolute atomic E-state index is 0.202. The lowest BCUT2D eigenvalue weighted by Crippen LogP contribution is -2.60. The van der Waals surface area contributed by atoms with E-state index in [-0.39, 0.29) is 6.54 Å². The second kappa shape index (κ2) is 5.90. The Balaban J connectivity index is 4.96. The van der Waals surface area contributed by atoms with E-state index in [4.69, 9.17) is 5.73 Å². The van der Waals surface area contributed by atoms with Crippen LogP contribution in [0.25, 0.3) is 0 Å². The summed E-state index contributed by atoms with van der Waals surface area (Å²) >= 11 is 0. The van der Waals surface area contributed by atoms with E-state index in [0.717, 1.165) is 0 Å². The predicted octanol–water partition coefficient (Wildman–Crippen LogP) is 0.393. The van der Waals surface area contributed by atoms with Crippen LogP contribution in [-0.2, 0) is 9.59 Å². The van der Waals surface area contributed by atoms with Crippen molar-refractivity contribution < 1.29 is 19.5 Å². The SMILES string of the molecule is CCN(CC(N)=O)C(=O)NC(C)(C)C(C)(C)C(=O)O. The molecule has 0 radical (unpaired) electrons. The highest BCUT2D eigenvalue weighted by Crippen LogP contribution is 2.30. The Hall–Kier alpha value is -1.79. The van der Waals surface area contributed by atoms with Crippen LogP contribution in [0.3, 0.4) is 0 Å². The molecule has 0 saturated carbocycles. The highest BCUT2D eigenvalue weighted by molar-refractivity contribution is 5.84. The van der Waals surface area contributed by atoms with Crippen LogP contribution in [0.5, 0.6) is 0 Å². The molecule has 3 amide bonds. The van der Waals surface area contributed by atoms with E-state index >= 15 is 0 Å². The van der Waals surface area contributed by atoms with Gasteiger partial charge in [-0.2, -0.15) is 0 Å². The minimum atomic E-state index is -1.16. The molecule has 7 nitrogen and oxygen atoms in total. The smallest absolute Gasteiger partial charge is 0.318 e. The Kier molecular flexibility index (Phi) is 5.34. The van der Waals surface area contributed by atoms with E-state index in [2.05, 4.69) is 5.32 Å². The first-order chi connectivity index (χ1) is 8.45. The summed E-state index contributed by atoms with van der Waals surface area (Å²) in [5.41, 5.74) is 2.91. The summed E-state index contributed by atoms with van der Waals surface area (Å²) in [7, 11) is 0. The normalized spacial score (nSPS) is 11.8. The number of urea groups is 1. The second-order valence-corrected chi connectivity index (χ2v) is 5.47. The molecule has 0 spiro atoms. The maximum absolute atomic E-state index is 12.0. The van der Waals surface area contributed by atoms with Gasteiger partial charge in [0.1, 0.15) is 6.54 Å². The number of aliphatic carboxylic acids is 1. The molecule has 0 aliphatic rings. The fourth-order valence-corrected chi connectivity index (χ4v) is 1.29. The number of carbonyl (C=O) groups excluding carboxylic acids is 2. The van der Waals surface area contributed by atoms with Gasteiger partial charge in [-0.15, -0.1) is 0 Å². The zero-order chi connectivity index (χ0) is 15.4. The molecule has 0 aliphatic heterocycles. The Bertz CT molecular complexity index is 377. The highest BCUT2D eigenvalue weighted by atomic mass is 16.4. The number of nitrogens with one attached hydrogen (secondary N) is 1. The number of nitrogens with zero attached hydrogens (tertiary/aromatic N) is 1. The molecule has 0 aromatic rings. The Morgan fingerprint density at radius 1 is 1.21 bits per heavy atom. The number of rotatable bonds is 6. The topological polar surface area (TPSA) is 113 Å². The molecule has 0 atom stereocenters. The van der Waals surface area contributed by atoms with E-state index in [1.165, 1.54) is 18.7 Å². The Labute approximate surface area is 113 Å². The lowest BCUT2D eigenvalue weighted by atomic mass is 9.74. The van der Waals surface area contributed by atoms with Crippen molar-refractivity contribution in [2.24, 2.45) is 11.1 Å². The van der Waals surface area contributed by atoms with Crippen LogP contribution in [-0.4, -0.2) is 46.5 Å². The maximum atomic E-state index is 12.0. The van der Waals surface area contributed by atoms with Crippen molar-refractivity contribution in [1.29, 1.82) is 0 Å². The average Bonchev–Trinajstić information content (AvgIpc) is 2.24. The van der Waals surface area contributed by atoms with E-state index < -0.39 is 28.9 Å². The van der Waals surface area contributed by atoms with Crippen molar-refractivity contribution in [2.45, 2.75) is 40.2 Å². The molecule has 0 saturated heterocycles. The van der Waals surface area contributed by atoms with Crippen molar-refractivity contribution in [3.05, 3.63) is 0 Å². The third-order valence-corrected chi connectivity index (χ3v) is 3.53. The summed E-state index contributed by atoms with van der Waals surface area (Å²) in [5.74, 6) is -1.64. The van der Waals surface area contributed by atoms with Crippen LogP contribution in [0.15, 0.2) is 0 Å². The minimum Gasteiger partial charge on any atom is -0.481 e. The lowest BCUT2D eigenvalue weighted by molar-refractivity contribution is -0.150. The quantitative estimate of drug-likeness (QED) is 0.649. The predicted molar refractivity (Wildman–Crippen MR) is 70.5 cm³/mol. The van der Waals surface area contributed by atoms with Gasteiger partial charge in [-0.3, -0.25) is 9.59 Å². The first kappa shape index (κ1) is 17.2. The molecule has 0 aromatic carbocycles. The van der Waals surface area contributed by atoms with Crippen molar-refractivity contribution in [1.82, 2.24) is 10.2 Å². The second-order valence-electron chi connectivity index (χ2n) is 5.47. The molecule has 0 heterocycles. The molecule has 0 unspecified atom stereocenters. The summed E-state index contributed by atoms with van der Waals surface area (Å²) < 4.78 is 0. The van der Waals surface area contributed by atoms with Crippen LogP contribution >= 0.6 is 0 Å². The van der Waals surface area contributed by atoms with Crippen LogP contribution in [0.1, 0.15) is 34.6 Å². The summed E-state index contributed by atoms with van der Waals surface area (Å²) in [6.45, 7) is 8.11. The molecule has 19 heavy (non-hydrogen) atoms. The van der Waals surface area contributed by atoms with Crippen LogP contribution < -0.4 is 11.1 Å². The molecule has 7 heteroatoms. The maximum Gasteiger partial charge on any atom is 0.318 e. The van der Waals surface area contributed by atoms with Crippen molar-refractivity contribution >= 4 is 17.9 Å². The summed E-state index contributed by atoms with van der Waals surface area (Å²) in [6, 6.07) is -0.513. The molecule has 4 N–H and O–H groups in total. The van der Waals surface area contributed by atoms with Gasteiger partial charge in [0, 0.05) is 6.54 Å². The summed E-state index contributed by atoms with van der Waals surface area (Å²) in [6.07, 6.45) is 0. The van der Waals surface area contributed by atoms with E-state index in [9.17, 15) is 19.5 Å². The third-order valence-electron chi connectivity index (χ3n) is 3.53. The van der Waals surface area contributed by atoms with Gasteiger partial charge in [0.15, 0.2) is 0 Å². The van der Waals surface area contributed by atoms with Gasteiger partial charge in [0.05, 0.1) is 11.0 Å². The number of primary amides is 1. The lowest BCUT2D eigenvalue weighted by Gasteiger charge is -2.40. The Morgan fingerprint density at radius 3 is 2.00 bits per heavy atom. The zero-order valence-corrected chi connectivity index (χ0v) is 12.1. The standard InChI is InChI=1S/C12H23N3O4/c1-6-15(7-8(13)16)10(19)14-12(4,5)11(2,3)9(17)18/h6-7H2,1-5H3,(H2,13,16)(H,14,19)(H,17,18). The monoisotopic (exact) mass is 273 g/mol. The van der Waals surface area contributed by atoms with Crippen LogP contribution in [0.2, 0.25) is 0 Å². The fourth-order valence-electron chi connectivity index (χ4n) is 1.29. The van der Waals surface area contributed by atoms with Gasteiger partial charge in [-0.05, 0) is 34.6 Å². The van der Waals surface area contributed by atoms with Crippen molar-refractivity contribution in [3.63, 3.8) is 0 Å². The van der Waals surface area contributed by atoms with Crippen LogP contribution in [0, 0.1) is 5.41 Å². The molecule has 0 aliphatic carbocycles. The third kappa shape index (κ3) is 4.11. The number of nitrogens with two attached hydrogens (primary N) is 1. The zero-order valence-electron chi connectivity index (χ0n) is 12.1. The van der Waals surface area contributed by atoms with E-state index in [1.807, 2.05) is 0 Å². The number of carboxylic acids is 1. The van der Waals surface area contributed by atoms with E-state index in [1.54, 1.807) is 20.8 Å². The first-order valence-corrected chi connectivity index (χ1v) is 6.04. The average molecular weight is 273 g/mol. The number of likely N-dealkylation sites (N-methyl/N-ethyl adjacent to an activating group) is 1. The fraction of sp³-hybridized carbons (Fsp3) is 0.750. The van der Waals surface area contributed by atoms with Crippen molar-refractivity contribution in [2.75, 3.05) is 13.1 Å². The molecular weight excluding hydrogens is 250 g/mol. The largest absolute Gasteiger partial charge is 0.481 e. The molecule has 0 aromatic heterocycles. The van der Waals surface area contributed by atoms with Gasteiger partial charge < -0.3 is 21.1 Å². The number of hydrogen-bond donors (Lipinski definition) is 3. The van der Waals surface area contributed by atoms with Crippen LogP contribution in [0.4, 0.5) is 4.79 Å². The van der Waals surface area contributed by atoms with E-state index in [0.29, 0.717) is 6.54 Å². The van der Waals surface area contributed by atoms with Gasteiger partial charge in [0.25, 0.3) is 0 Å². The molecule has 0 rings (SSSR count). The number of hydrogen-bond acceptors (Lipinski definition) is 3. The first-order valence-electron chi connectivity index (χ1n) is 6.04. The summed E-state index contributed by atoms with van der Waals surface area (Å²) in [5, 5.41) is 11.8. The number of amides is 3. The van der Waals surface area contributed by atoms with Gasteiger partial charge in [-0.1, -0.05) is 0 Å². The van der Waals surface area contributed by atoms with Gasteiger partial charge in [0.2, 0.25) is 5.91 Å².